The van der Waals surface area contributed by atoms with Crippen molar-refractivity contribution in [2.45, 2.75) is 26.2 Å². The minimum atomic E-state index is 0.782. The molecule has 24 heavy (non-hydrogen) atoms. The molecule has 3 aromatic carbocycles. The Morgan fingerprint density at radius 2 is 1.08 bits per heavy atom. The maximum Gasteiger partial charge on any atom is 0.0314 e. The SMILES string of the molecule is CCCCc1ccccc1.Nc1ccc(-c2ccc(N)cc2)cc1. The highest BCUT2D eigenvalue weighted by Crippen LogP contribution is 2.21. The highest BCUT2D eigenvalue weighted by atomic mass is 14.5. The molecule has 4 N–H and O–H groups in total. The molecule has 0 atom stereocenters. The van der Waals surface area contributed by atoms with Gasteiger partial charge < -0.3 is 11.5 Å². The van der Waals surface area contributed by atoms with Crippen LogP contribution in [0, 0.1) is 0 Å². The predicted molar refractivity (Wildman–Crippen MR) is 106 cm³/mol. The maximum atomic E-state index is 5.61. The molecule has 124 valence electrons. The van der Waals surface area contributed by atoms with E-state index in [1.165, 1.54) is 24.8 Å². The standard InChI is InChI=1S/C12H12N2.C10H14/c13-11-5-1-9(2-6-11)10-3-7-12(14)8-4-10;1-2-3-7-10-8-5-4-6-9-10/h1-8H,13-14H2;4-6,8-9H,2-3,7H2,1H3. The van der Waals surface area contributed by atoms with E-state index in [1.807, 2.05) is 48.5 Å². The van der Waals surface area contributed by atoms with E-state index >= 15 is 0 Å². The van der Waals surface area contributed by atoms with Gasteiger partial charge in [-0.1, -0.05) is 67.9 Å². The molecule has 3 rings (SSSR count). The number of nitrogen functional groups attached to an aromatic ring is 2. The van der Waals surface area contributed by atoms with Crippen molar-refractivity contribution >= 4 is 11.4 Å². The topological polar surface area (TPSA) is 52.0 Å². The molecule has 0 saturated carbocycles. The van der Waals surface area contributed by atoms with Crippen molar-refractivity contribution in [1.82, 2.24) is 0 Å². The highest BCUT2D eigenvalue weighted by molar-refractivity contribution is 5.67. The van der Waals surface area contributed by atoms with Crippen LogP contribution >= 0.6 is 0 Å². The largest absolute Gasteiger partial charge is 0.399 e. The number of hydrogen-bond acceptors (Lipinski definition) is 2. The maximum absolute atomic E-state index is 5.61. The van der Waals surface area contributed by atoms with Crippen molar-refractivity contribution in [2.75, 3.05) is 11.5 Å². The molecule has 0 aliphatic heterocycles. The summed E-state index contributed by atoms with van der Waals surface area (Å²) in [7, 11) is 0. The van der Waals surface area contributed by atoms with E-state index in [9.17, 15) is 0 Å². The second-order valence-corrected chi connectivity index (χ2v) is 5.83. The van der Waals surface area contributed by atoms with Crippen LogP contribution in [-0.4, -0.2) is 0 Å². The third-order valence-corrected chi connectivity index (χ3v) is 3.82. The molecule has 0 saturated heterocycles. The van der Waals surface area contributed by atoms with Gasteiger partial charge in [0.15, 0.2) is 0 Å². The summed E-state index contributed by atoms with van der Waals surface area (Å²) < 4.78 is 0. The number of anilines is 2. The quantitative estimate of drug-likeness (QED) is 0.620. The van der Waals surface area contributed by atoms with Gasteiger partial charge in [0.25, 0.3) is 0 Å². The average Bonchev–Trinajstić information content (AvgIpc) is 2.63. The third-order valence-electron chi connectivity index (χ3n) is 3.82. The highest BCUT2D eigenvalue weighted by Gasteiger charge is 1.95. The first-order valence-corrected chi connectivity index (χ1v) is 8.44. The van der Waals surface area contributed by atoms with Crippen molar-refractivity contribution in [3.63, 3.8) is 0 Å². The van der Waals surface area contributed by atoms with Gasteiger partial charge in [0.2, 0.25) is 0 Å². The van der Waals surface area contributed by atoms with Crippen LogP contribution in [0.2, 0.25) is 0 Å². The van der Waals surface area contributed by atoms with Crippen molar-refractivity contribution in [1.29, 1.82) is 0 Å². The molecule has 0 fully saturated rings. The number of hydrogen-bond donors (Lipinski definition) is 2. The number of nitrogens with two attached hydrogens (primary N) is 2. The van der Waals surface area contributed by atoms with E-state index < -0.39 is 0 Å². The Labute approximate surface area is 145 Å². The summed E-state index contributed by atoms with van der Waals surface area (Å²) in [5, 5.41) is 0. The second-order valence-electron chi connectivity index (χ2n) is 5.83. The predicted octanol–water partition coefficient (Wildman–Crippen LogP) is 5.55. The summed E-state index contributed by atoms with van der Waals surface area (Å²) >= 11 is 0. The molecule has 0 aliphatic carbocycles. The van der Waals surface area contributed by atoms with Gasteiger partial charge in [-0.2, -0.15) is 0 Å². The van der Waals surface area contributed by atoms with Crippen LogP contribution in [-0.2, 0) is 6.42 Å². The third kappa shape index (κ3) is 5.81. The fourth-order valence-electron chi connectivity index (χ4n) is 2.38. The van der Waals surface area contributed by atoms with Gasteiger partial charge >= 0.3 is 0 Å². The minimum Gasteiger partial charge on any atom is -0.399 e. The first kappa shape index (κ1) is 17.6. The zero-order chi connectivity index (χ0) is 17.2. The molecule has 2 nitrogen and oxygen atoms in total. The number of benzene rings is 3. The molecule has 0 heterocycles. The zero-order valence-corrected chi connectivity index (χ0v) is 14.3. The van der Waals surface area contributed by atoms with Crippen molar-refractivity contribution in [2.24, 2.45) is 0 Å². The number of rotatable bonds is 4. The summed E-state index contributed by atoms with van der Waals surface area (Å²) in [5.41, 5.74) is 16.5. The zero-order valence-electron chi connectivity index (χ0n) is 14.3. The lowest BCUT2D eigenvalue weighted by Crippen LogP contribution is -1.85. The Kier molecular flexibility index (Phi) is 6.91. The molecule has 0 radical (unpaired) electrons. The molecule has 0 amide bonds. The van der Waals surface area contributed by atoms with Crippen LogP contribution in [0.3, 0.4) is 0 Å². The fraction of sp³-hybridized carbons (Fsp3) is 0.182. The summed E-state index contributed by atoms with van der Waals surface area (Å²) in [6.45, 7) is 2.23. The van der Waals surface area contributed by atoms with Crippen molar-refractivity contribution in [3.05, 3.63) is 84.4 Å². The van der Waals surface area contributed by atoms with Crippen molar-refractivity contribution in [3.8, 4) is 11.1 Å². The first-order valence-electron chi connectivity index (χ1n) is 8.44. The molecule has 2 heteroatoms. The molecular weight excluding hydrogens is 292 g/mol. The Morgan fingerprint density at radius 1 is 0.625 bits per heavy atom. The Balaban J connectivity index is 0.000000185. The Morgan fingerprint density at radius 3 is 1.50 bits per heavy atom. The van der Waals surface area contributed by atoms with Gasteiger partial charge in [-0.3, -0.25) is 0 Å². The second kappa shape index (κ2) is 9.41. The van der Waals surface area contributed by atoms with Crippen molar-refractivity contribution < 1.29 is 0 Å². The monoisotopic (exact) mass is 318 g/mol. The van der Waals surface area contributed by atoms with Crippen LogP contribution in [0.4, 0.5) is 11.4 Å². The summed E-state index contributed by atoms with van der Waals surface area (Å²) in [5.74, 6) is 0. The van der Waals surface area contributed by atoms with Gasteiger partial charge in [0, 0.05) is 11.4 Å². The van der Waals surface area contributed by atoms with E-state index in [0.29, 0.717) is 0 Å². The van der Waals surface area contributed by atoms with Crippen LogP contribution in [0.1, 0.15) is 25.3 Å². The first-order chi connectivity index (χ1) is 11.7. The van der Waals surface area contributed by atoms with Crippen LogP contribution in [0.15, 0.2) is 78.9 Å². The molecule has 0 unspecified atom stereocenters. The molecule has 0 aliphatic rings. The summed E-state index contributed by atoms with van der Waals surface area (Å²) in [6, 6.07) is 26.2. The fourth-order valence-corrected chi connectivity index (χ4v) is 2.38. The van der Waals surface area contributed by atoms with Gasteiger partial charge in [-0.05, 0) is 53.8 Å². The lowest BCUT2D eigenvalue weighted by atomic mass is 10.1. The number of unbranched alkanes of at least 4 members (excludes halogenated alkanes) is 1. The lowest BCUT2D eigenvalue weighted by molar-refractivity contribution is 0.795. The lowest BCUT2D eigenvalue weighted by Gasteiger charge is -2.02. The van der Waals surface area contributed by atoms with Gasteiger partial charge in [-0.15, -0.1) is 0 Å². The normalized spacial score (nSPS) is 9.88. The summed E-state index contributed by atoms with van der Waals surface area (Å²) in [6.07, 6.45) is 3.83. The van der Waals surface area contributed by atoms with Gasteiger partial charge in [0.1, 0.15) is 0 Å². The van der Waals surface area contributed by atoms with Gasteiger partial charge in [0.05, 0.1) is 0 Å². The van der Waals surface area contributed by atoms with Crippen LogP contribution < -0.4 is 11.5 Å². The molecule has 0 spiro atoms. The van der Waals surface area contributed by atoms with E-state index in [4.69, 9.17) is 11.5 Å². The van der Waals surface area contributed by atoms with E-state index in [0.717, 1.165) is 22.5 Å². The van der Waals surface area contributed by atoms with E-state index in [1.54, 1.807) is 0 Å². The van der Waals surface area contributed by atoms with E-state index in [2.05, 4.69) is 37.3 Å². The summed E-state index contributed by atoms with van der Waals surface area (Å²) in [4.78, 5) is 0. The Hall–Kier alpha value is -2.74. The Bertz CT molecular complexity index is 658. The average molecular weight is 318 g/mol. The molecule has 0 aromatic heterocycles. The minimum absolute atomic E-state index is 0.782. The van der Waals surface area contributed by atoms with Gasteiger partial charge in [-0.25, -0.2) is 0 Å². The molecule has 0 bridgehead atoms. The van der Waals surface area contributed by atoms with E-state index in [-0.39, 0.29) is 0 Å². The molecule has 3 aromatic rings. The smallest absolute Gasteiger partial charge is 0.0314 e. The van der Waals surface area contributed by atoms with Crippen LogP contribution in [0.25, 0.3) is 11.1 Å². The van der Waals surface area contributed by atoms with Crippen LogP contribution in [0.5, 0.6) is 0 Å². The number of aryl methyl sites for hydroxylation is 1. The molecular formula is C22H26N2.